The number of quaternary nitrogens is 1. The van der Waals surface area contributed by atoms with Gasteiger partial charge in [0.25, 0.3) is 0 Å². The van der Waals surface area contributed by atoms with E-state index in [9.17, 15) is 0 Å². The zero-order valence-electron chi connectivity index (χ0n) is 2.65. The van der Waals surface area contributed by atoms with Crippen molar-refractivity contribution in [3.05, 3.63) is 14.1 Å². The molecule has 0 aliphatic heterocycles. The summed E-state index contributed by atoms with van der Waals surface area (Å²) in [7, 11) is 11.2. The maximum atomic E-state index is 4.81. The fourth-order valence-electron chi connectivity index (χ4n) is 0. The van der Waals surface area contributed by atoms with Crippen LogP contribution < -0.4 is 4.90 Å². The summed E-state index contributed by atoms with van der Waals surface area (Å²) in [5.74, 6) is 0. The van der Waals surface area contributed by atoms with Crippen LogP contribution in [0.3, 0.4) is 0 Å². The first-order valence-electron chi connectivity index (χ1n) is 1.08. The lowest BCUT2D eigenvalue weighted by Crippen LogP contribution is -2.97. The van der Waals surface area contributed by atoms with E-state index in [2.05, 4.69) is 0 Å². The van der Waals surface area contributed by atoms with Crippen molar-refractivity contribution in [2.45, 2.75) is 0 Å². The molecule has 22 valence electrons. The Hall–Kier alpha value is -0.0400. The summed E-state index contributed by atoms with van der Waals surface area (Å²) in [5, 5.41) is 0. The molecule has 0 aromatic heterocycles. The van der Waals surface area contributed by atoms with Crippen LogP contribution in [0.25, 0.3) is 0 Å². The number of hydrogen-bond acceptors (Lipinski definition) is 0. The zero-order chi connectivity index (χ0) is 3.58. The third-order valence-corrected chi connectivity index (χ3v) is 0. The van der Waals surface area contributed by atoms with Gasteiger partial charge < -0.3 is 4.90 Å². The zero-order valence-corrected chi connectivity index (χ0v) is 2.65. The normalized spacial score (nSPS) is 9.00. The van der Waals surface area contributed by atoms with Crippen molar-refractivity contribution in [3.63, 3.8) is 0 Å². The van der Waals surface area contributed by atoms with Gasteiger partial charge in [-0.3, -0.25) is 0 Å². The molecule has 0 aromatic rings. The van der Waals surface area contributed by atoms with Crippen LogP contribution in [0.15, 0.2) is 0 Å². The highest BCUT2D eigenvalue weighted by molar-refractivity contribution is 3.90. The van der Waals surface area contributed by atoms with Crippen molar-refractivity contribution in [2.75, 3.05) is 7.05 Å². The van der Waals surface area contributed by atoms with Crippen molar-refractivity contribution in [3.8, 4) is 0 Å². The molecule has 4 heavy (non-hydrogen) atoms. The topological polar surface area (TPSA) is 4.44 Å². The summed E-state index contributed by atoms with van der Waals surface area (Å²) in [6.07, 6.45) is 0. The van der Waals surface area contributed by atoms with Gasteiger partial charge >= 0.3 is 0 Å². The van der Waals surface area contributed by atoms with Crippen LogP contribution in [-0.4, -0.2) is 7.05 Å². The molecule has 0 amide bonds. The van der Waals surface area contributed by atoms with Gasteiger partial charge in [0.2, 0.25) is 14.1 Å². The second-order valence-corrected chi connectivity index (χ2v) is 0.744. The molecular weight excluding hydrogens is 50.0 g/mol. The predicted molar refractivity (Wildman–Crippen MR) is 15.5 cm³/mol. The molecule has 1 heteroatoms. The van der Waals surface area contributed by atoms with Crippen molar-refractivity contribution < 1.29 is 4.90 Å². The minimum atomic E-state index is 0.417. The molecule has 0 spiro atoms. The summed E-state index contributed by atoms with van der Waals surface area (Å²) < 4.78 is 0. The molecule has 1 N–H and O–H groups in total. The van der Waals surface area contributed by atoms with E-state index in [0.29, 0.717) is 4.90 Å². The quantitative estimate of drug-likeness (QED) is 0.357. The smallest absolute Gasteiger partial charge is 0.205 e. The summed E-state index contributed by atoms with van der Waals surface area (Å²) in [4.78, 5) is 0.417. The highest BCUT2D eigenvalue weighted by atomic mass is 15.0. The molecule has 0 bridgehead atoms. The summed E-state index contributed by atoms with van der Waals surface area (Å²) in [6, 6.07) is 0. The van der Waals surface area contributed by atoms with Gasteiger partial charge in [0, 0.05) is 0 Å². The summed E-state index contributed by atoms with van der Waals surface area (Å²) in [6.45, 7) is 0. The average molecular weight is 56.1 g/mol. The van der Waals surface area contributed by atoms with Crippen LogP contribution in [-0.2, 0) is 0 Å². The molecule has 0 unspecified atom stereocenters. The molecule has 4 radical (unpaired) electrons. The van der Waals surface area contributed by atoms with Gasteiger partial charge in [-0.15, -0.1) is 0 Å². The van der Waals surface area contributed by atoms with Gasteiger partial charge in [-0.2, -0.15) is 0 Å². The Morgan fingerprint density at radius 1 is 1.50 bits per heavy atom. The van der Waals surface area contributed by atoms with Gasteiger partial charge in [0.1, 0.15) is 0 Å². The predicted octanol–water partition coefficient (Wildman–Crippen LogP) is -1.16. The highest BCUT2D eigenvalue weighted by Gasteiger charge is 1.67. The van der Waals surface area contributed by atoms with Gasteiger partial charge in [0.15, 0.2) is 0 Å². The minimum absolute atomic E-state index is 0.417. The monoisotopic (exact) mass is 56.0 g/mol. The van der Waals surface area contributed by atoms with Crippen LogP contribution in [0.2, 0.25) is 0 Å². The van der Waals surface area contributed by atoms with Gasteiger partial charge in [-0.25, -0.2) is 0 Å². The highest BCUT2D eigenvalue weighted by Crippen LogP contribution is 1.02. The Labute approximate surface area is 27.2 Å². The molecule has 0 heterocycles. The second kappa shape index (κ2) is 1.30. The molecule has 0 rings (SSSR count). The Kier molecular flexibility index (Phi) is 1.28. The van der Waals surface area contributed by atoms with Crippen LogP contribution in [0.4, 0.5) is 0 Å². The van der Waals surface area contributed by atoms with Gasteiger partial charge in [-0.05, 0) is 0 Å². The maximum Gasteiger partial charge on any atom is 0.205 e. The van der Waals surface area contributed by atoms with E-state index in [0.717, 1.165) is 0 Å². The number of nitrogens with one attached hydrogen (secondary N) is 1. The Morgan fingerprint density at radius 3 is 1.50 bits per heavy atom. The van der Waals surface area contributed by atoms with Crippen molar-refractivity contribution in [2.24, 2.45) is 0 Å². The number of hydrogen-bond donors (Lipinski definition) is 1. The van der Waals surface area contributed by atoms with Gasteiger partial charge in [0.05, 0.1) is 7.05 Å². The molecule has 0 aliphatic carbocycles. The molecule has 0 saturated carbocycles. The van der Waals surface area contributed by atoms with Crippen molar-refractivity contribution in [1.82, 2.24) is 0 Å². The van der Waals surface area contributed by atoms with E-state index >= 15 is 0 Å². The first-order valence-corrected chi connectivity index (χ1v) is 1.08. The standard InChI is InChI=1S/C3H6N/c1-4(2)3/h1-2,4H,3H3/q+1. The molecular formula is C3H6N+. The van der Waals surface area contributed by atoms with E-state index in [1.54, 1.807) is 7.05 Å². The number of rotatable bonds is 0. The Balaban J connectivity index is 2.32. The van der Waals surface area contributed by atoms with Crippen LogP contribution in [0, 0.1) is 14.1 Å². The third kappa shape index (κ3) is 1130. The lowest BCUT2D eigenvalue weighted by atomic mass is 11.0. The van der Waals surface area contributed by atoms with Crippen molar-refractivity contribution in [1.29, 1.82) is 0 Å². The Morgan fingerprint density at radius 2 is 1.50 bits per heavy atom. The molecule has 0 saturated heterocycles. The third-order valence-electron chi connectivity index (χ3n) is 0. The van der Waals surface area contributed by atoms with E-state index in [1.165, 1.54) is 0 Å². The van der Waals surface area contributed by atoms with Crippen molar-refractivity contribution >= 4 is 0 Å². The summed E-state index contributed by atoms with van der Waals surface area (Å²) >= 11 is 0. The van der Waals surface area contributed by atoms with Crippen LogP contribution in [0.1, 0.15) is 0 Å². The van der Waals surface area contributed by atoms with E-state index < -0.39 is 0 Å². The SMILES string of the molecule is [CH][NH+]([CH])C. The minimum Gasteiger partial charge on any atom is -0.312 e. The fraction of sp³-hybridized carbons (Fsp3) is 0.333. The molecule has 1 nitrogen and oxygen atoms in total. The molecule has 0 atom stereocenters. The summed E-state index contributed by atoms with van der Waals surface area (Å²) in [5.41, 5.74) is 0. The second-order valence-electron chi connectivity index (χ2n) is 0.744. The first-order chi connectivity index (χ1) is 1.73. The van der Waals surface area contributed by atoms with E-state index in [-0.39, 0.29) is 0 Å². The fourth-order valence-corrected chi connectivity index (χ4v) is 0. The van der Waals surface area contributed by atoms with Gasteiger partial charge in [-0.1, -0.05) is 0 Å². The molecule has 0 aliphatic rings. The largest absolute Gasteiger partial charge is 0.312 e. The van der Waals surface area contributed by atoms with E-state index in [1.807, 2.05) is 0 Å². The lowest BCUT2D eigenvalue weighted by Gasteiger charge is -1.82. The van der Waals surface area contributed by atoms with Crippen LogP contribution >= 0.6 is 0 Å². The average Bonchev–Trinajstić information content (AvgIpc) is 0.811. The lowest BCUT2D eigenvalue weighted by molar-refractivity contribution is -0.780. The Bertz CT molecular complexity index is 8.00. The van der Waals surface area contributed by atoms with E-state index in [4.69, 9.17) is 14.1 Å². The van der Waals surface area contributed by atoms with Crippen LogP contribution in [0.5, 0.6) is 0 Å². The first kappa shape index (κ1) is 3.96. The maximum absolute atomic E-state index is 4.81. The molecule has 0 fully saturated rings. The molecule has 0 aromatic carbocycles.